The highest BCUT2D eigenvalue weighted by Gasteiger charge is 2.40. The maximum atomic E-state index is 13.1. The molecule has 2 atom stereocenters. The molecule has 0 unspecified atom stereocenters. The first-order valence-electron chi connectivity index (χ1n) is 11.2. The number of fused-ring (bicyclic) bond motifs is 1. The van der Waals surface area contributed by atoms with Crippen LogP contribution in [-0.2, 0) is 24.4 Å². The third-order valence-corrected chi connectivity index (χ3v) is 6.67. The first-order valence-corrected chi connectivity index (χ1v) is 11.2. The lowest BCUT2D eigenvalue weighted by atomic mass is 9.96. The van der Waals surface area contributed by atoms with Crippen molar-refractivity contribution in [3.05, 3.63) is 52.8 Å². The SMILES string of the molecule is CCn1cc(CN2CC[C@H]3[C@H]2CCCCC(=O)N3Cc2cccc(C)c2)c(C)n1. The molecule has 0 spiro atoms. The predicted octanol–water partition coefficient (Wildman–Crippen LogP) is 4.07. The number of hydrogen-bond acceptors (Lipinski definition) is 3. The molecule has 1 aromatic heterocycles. The maximum absolute atomic E-state index is 13.1. The van der Waals surface area contributed by atoms with Gasteiger partial charge in [-0.1, -0.05) is 36.2 Å². The van der Waals surface area contributed by atoms with E-state index in [-0.39, 0.29) is 0 Å². The minimum atomic E-state index is 0.324. The number of aromatic nitrogens is 2. The lowest BCUT2D eigenvalue weighted by Gasteiger charge is -2.37. The summed E-state index contributed by atoms with van der Waals surface area (Å²) in [5.74, 6) is 0.332. The Labute approximate surface area is 174 Å². The number of aryl methyl sites for hydroxylation is 3. The van der Waals surface area contributed by atoms with Crippen LogP contribution in [0.2, 0.25) is 0 Å². The van der Waals surface area contributed by atoms with Crippen molar-refractivity contribution in [1.82, 2.24) is 19.6 Å². The molecule has 3 heterocycles. The normalized spacial score (nSPS) is 23.1. The molecule has 2 saturated heterocycles. The number of likely N-dealkylation sites (tertiary alicyclic amines) is 2. The molecule has 2 aliphatic rings. The van der Waals surface area contributed by atoms with E-state index in [2.05, 4.69) is 66.1 Å². The van der Waals surface area contributed by atoms with E-state index >= 15 is 0 Å². The summed E-state index contributed by atoms with van der Waals surface area (Å²) in [5, 5.41) is 4.63. The summed E-state index contributed by atoms with van der Waals surface area (Å²) in [5.41, 5.74) is 4.96. The van der Waals surface area contributed by atoms with Gasteiger partial charge >= 0.3 is 0 Å². The molecule has 1 aromatic carbocycles. The minimum absolute atomic E-state index is 0.324. The quantitative estimate of drug-likeness (QED) is 0.768. The van der Waals surface area contributed by atoms with Crippen molar-refractivity contribution >= 4 is 5.91 Å². The van der Waals surface area contributed by atoms with E-state index in [1.54, 1.807) is 0 Å². The zero-order valence-electron chi connectivity index (χ0n) is 18.1. The van der Waals surface area contributed by atoms with Crippen molar-refractivity contribution in [2.24, 2.45) is 0 Å². The fraction of sp³-hybridized carbons (Fsp3) is 0.583. The van der Waals surface area contributed by atoms with E-state index < -0.39 is 0 Å². The molecule has 0 N–H and O–H groups in total. The first kappa shape index (κ1) is 20.1. The van der Waals surface area contributed by atoms with Crippen LogP contribution in [0.25, 0.3) is 0 Å². The van der Waals surface area contributed by atoms with Crippen LogP contribution in [0.5, 0.6) is 0 Å². The molecule has 0 radical (unpaired) electrons. The maximum Gasteiger partial charge on any atom is 0.223 e. The third kappa shape index (κ3) is 4.40. The van der Waals surface area contributed by atoms with Crippen LogP contribution in [0.3, 0.4) is 0 Å². The van der Waals surface area contributed by atoms with E-state index in [9.17, 15) is 4.79 Å². The summed E-state index contributed by atoms with van der Waals surface area (Å²) in [4.78, 5) is 17.9. The number of amides is 1. The minimum Gasteiger partial charge on any atom is -0.334 e. The molecule has 0 bridgehead atoms. The van der Waals surface area contributed by atoms with Crippen molar-refractivity contribution in [3.63, 3.8) is 0 Å². The van der Waals surface area contributed by atoms with Gasteiger partial charge in [-0.05, 0) is 45.6 Å². The molecule has 2 aliphatic heterocycles. The van der Waals surface area contributed by atoms with Crippen LogP contribution in [0.1, 0.15) is 61.4 Å². The van der Waals surface area contributed by atoms with E-state index in [4.69, 9.17) is 0 Å². The molecule has 156 valence electrons. The highest BCUT2D eigenvalue weighted by atomic mass is 16.2. The Morgan fingerprint density at radius 2 is 1.97 bits per heavy atom. The number of carbonyl (C=O) groups is 1. The van der Waals surface area contributed by atoms with Crippen LogP contribution in [-0.4, -0.2) is 44.1 Å². The average molecular weight is 395 g/mol. The second-order valence-corrected chi connectivity index (χ2v) is 8.75. The highest BCUT2D eigenvalue weighted by Crippen LogP contribution is 2.32. The standard InChI is InChI=1S/C24H34N4O/c1-4-27-17-21(19(3)25-27)16-26-13-12-23-22(26)10-5-6-11-24(29)28(23)15-20-9-7-8-18(2)14-20/h7-9,14,17,22-23H,4-6,10-13,15-16H2,1-3H3/t22-,23+/m1/s1. The Kier molecular flexibility index (Phi) is 6.04. The van der Waals surface area contributed by atoms with E-state index in [1.807, 2.05) is 4.68 Å². The topological polar surface area (TPSA) is 41.4 Å². The molecular formula is C24H34N4O. The Morgan fingerprint density at radius 3 is 2.72 bits per heavy atom. The van der Waals surface area contributed by atoms with Gasteiger partial charge in [0.15, 0.2) is 0 Å². The number of benzene rings is 1. The van der Waals surface area contributed by atoms with Gasteiger partial charge in [0.2, 0.25) is 5.91 Å². The van der Waals surface area contributed by atoms with Crippen LogP contribution < -0.4 is 0 Å². The predicted molar refractivity (Wildman–Crippen MR) is 115 cm³/mol. The number of rotatable bonds is 5. The summed E-state index contributed by atoms with van der Waals surface area (Å²) < 4.78 is 2.03. The Balaban J connectivity index is 1.54. The summed E-state index contributed by atoms with van der Waals surface area (Å²) in [7, 11) is 0. The van der Waals surface area contributed by atoms with E-state index in [0.717, 1.165) is 51.1 Å². The Morgan fingerprint density at radius 1 is 1.10 bits per heavy atom. The van der Waals surface area contributed by atoms with Crippen LogP contribution >= 0.6 is 0 Å². The smallest absolute Gasteiger partial charge is 0.223 e. The molecule has 4 rings (SSSR count). The third-order valence-electron chi connectivity index (χ3n) is 6.67. The summed E-state index contributed by atoms with van der Waals surface area (Å²) in [6.07, 6.45) is 7.30. The monoisotopic (exact) mass is 394 g/mol. The van der Waals surface area contributed by atoms with Gasteiger partial charge in [0.1, 0.15) is 0 Å². The molecule has 1 amide bonds. The lowest BCUT2D eigenvalue weighted by molar-refractivity contribution is -0.135. The second-order valence-electron chi connectivity index (χ2n) is 8.75. The number of nitrogens with zero attached hydrogens (tertiary/aromatic N) is 4. The van der Waals surface area contributed by atoms with Crippen molar-refractivity contribution in [3.8, 4) is 0 Å². The van der Waals surface area contributed by atoms with Crippen molar-refractivity contribution in [1.29, 1.82) is 0 Å². The fourth-order valence-electron chi connectivity index (χ4n) is 5.10. The number of carbonyl (C=O) groups excluding carboxylic acids is 1. The Hall–Kier alpha value is -2.14. The van der Waals surface area contributed by atoms with Gasteiger partial charge in [0.25, 0.3) is 0 Å². The summed E-state index contributed by atoms with van der Waals surface area (Å²) in [6, 6.07) is 9.38. The summed E-state index contributed by atoms with van der Waals surface area (Å²) >= 11 is 0. The fourth-order valence-corrected chi connectivity index (χ4v) is 5.10. The van der Waals surface area contributed by atoms with Gasteiger partial charge in [-0.15, -0.1) is 0 Å². The van der Waals surface area contributed by atoms with Gasteiger partial charge < -0.3 is 4.90 Å². The molecule has 2 aromatic rings. The lowest BCUT2D eigenvalue weighted by Crippen LogP contribution is -2.48. The highest BCUT2D eigenvalue weighted by molar-refractivity contribution is 5.76. The van der Waals surface area contributed by atoms with Gasteiger partial charge in [-0.3, -0.25) is 14.4 Å². The zero-order chi connectivity index (χ0) is 20.4. The molecule has 2 fully saturated rings. The molecular weight excluding hydrogens is 360 g/mol. The molecule has 5 nitrogen and oxygen atoms in total. The van der Waals surface area contributed by atoms with Crippen molar-refractivity contribution in [2.75, 3.05) is 6.54 Å². The molecule has 0 saturated carbocycles. The van der Waals surface area contributed by atoms with Crippen LogP contribution in [0.15, 0.2) is 30.5 Å². The van der Waals surface area contributed by atoms with Gasteiger partial charge in [-0.2, -0.15) is 5.10 Å². The molecule has 5 heteroatoms. The number of hydrogen-bond donors (Lipinski definition) is 0. The van der Waals surface area contributed by atoms with Crippen molar-refractivity contribution in [2.45, 2.75) is 84.6 Å². The van der Waals surface area contributed by atoms with Crippen LogP contribution in [0, 0.1) is 13.8 Å². The second kappa shape index (κ2) is 8.70. The summed E-state index contributed by atoms with van der Waals surface area (Å²) in [6.45, 7) is 10.0. The van der Waals surface area contributed by atoms with Gasteiger partial charge in [0.05, 0.1) is 5.69 Å². The first-order chi connectivity index (χ1) is 14.0. The van der Waals surface area contributed by atoms with Gasteiger partial charge in [0, 0.05) is 56.4 Å². The molecule has 29 heavy (non-hydrogen) atoms. The van der Waals surface area contributed by atoms with Crippen molar-refractivity contribution < 1.29 is 4.79 Å². The molecule has 0 aliphatic carbocycles. The van der Waals surface area contributed by atoms with Gasteiger partial charge in [-0.25, -0.2) is 0 Å². The Bertz CT molecular complexity index is 858. The van der Waals surface area contributed by atoms with Crippen LogP contribution in [0.4, 0.5) is 0 Å². The largest absolute Gasteiger partial charge is 0.334 e. The zero-order valence-corrected chi connectivity index (χ0v) is 18.1. The average Bonchev–Trinajstić information content (AvgIpc) is 3.25. The van der Waals surface area contributed by atoms with E-state index in [0.29, 0.717) is 24.4 Å². The van der Waals surface area contributed by atoms with E-state index in [1.165, 1.54) is 23.1 Å².